The first-order chi connectivity index (χ1) is 9.24. The lowest BCUT2D eigenvalue weighted by Gasteiger charge is -2.30. The van der Waals surface area contributed by atoms with Gasteiger partial charge in [-0.3, -0.25) is 0 Å². The molecular formula is C15H23F3N2. The smallest absolute Gasteiger partial charge is 0.360 e. The van der Waals surface area contributed by atoms with Crippen LogP contribution in [-0.2, 0) is 6.54 Å². The van der Waals surface area contributed by atoms with Crippen molar-refractivity contribution < 1.29 is 13.2 Å². The molecule has 0 amide bonds. The van der Waals surface area contributed by atoms with Gasteiger partial charge in [0.1, 0.15) is 6.54 Å². The van der Waals surface area contributed by atoms with Crippen molar-refractivity contribution in [3.8, 4) is 0 Å². The Morgan fingerprint density at radius 1 is 1.25 bits per heavy atom. The van der Waals surface area contributed by atoms with Crippen molar-refractivity contribution in [1.29, 1.82) is 0 Å². The third-order valence-corrected chi connectivity index (χ3v) is 3.20. The third-order valence-electron chi connectivity index (χ3n) is 3.20. The summed E-state index contributed by atoms with van der Waals surface area (Å²) in [5.41, 5.74) is 2.75. The van der Waals surface area contributed by atoms with Gasteiger partial charge in [-0.1, -0.05) is 13.0 Å². The van der Waals surface area contributed by atoms with Crippen LogP contribution < -0.4 is 10.2 Å². The van der Waals surface area contributed by atoms with Crippen molar-refractivity contribution in [3.63, 3.8) is 0 Å². The van der Waals surface area contributed by atoms with Crippen LogP contribution in [0.4, 0.5) is 18.9 Å². The van der Waals surface area contributed by atoms with Crippen LogP contribution >= 0.6 is 0 Å². The van der Waals surface area contributed by atoms with E-state index in [9.17, 15) is 13.2 Å². The van der Waals surface area contributed by atoms with Gasteiger partial charge in [0, 0.05) is 18.3 Å². The average molecular weight is 288 g/mol. The molecule has 1 N–H and O–H groups in total. The molecule has 0 bridgehead atoms. The van der Waals surface area contributed by atoms with E-state index in [1.165, 1.54) is 4.90 Å². The molecule has 2 nitrogen and oxygen atoms in total. The van der Waals surface area contributed by atoms with Gasteiger partial charge in [-0.25, -0.2) is 0 Å². The molecule has 114 valence electrons. The van der Waals surface area contributed by atoms with Gasteiger partial charge in [-0.05, 0) is 50.6 Å². The summed E-state index contributed by atoms with van der Waals surface area (Å²) in [7, 11) is 0. The number of aryl methyl sites for hydroxylation is 1. The first-order valence-corrected chi connectivity index (χ1v) is 6.88. The van der Waals surface area contributed by atoms with Gasteiger partial charge in [0.25, 0.3) is 0 Å². The molecule has 0 aliphatic rings. The molecular weight excluding hydrogens is 265 g/mol. The van der Waals surface area contributed by atoms with E-state index in [4.69, 9.17) is 0 Å². The zero-order valence-electron chi connectivity index (χ0n) is 12.5. The molecule has 0 unspecified atom stereocenters. The predicted molar refractivity (Wildman–Crippen MR) is 77.1 cm³/mol. The molecule has 0 radical (unpaired) electrons. The Labute approximate surface area is 119 Å². The molecule has 5 heteroatoms. The number of anilines is 1. The highest BCUT2D eigenvalue weighted by atomic mass is 19.4. The van der Waals surface area contributed by atoms with Crippen molar-refractivity contribution in [2.45, 2.75) is 46.5 Å². The molecule has 0 aliphatic carbocycles. The van der Waals surface area contributed by atoms with E-state index in [2.05, 4.69) is 5.32 Å². The second kappa shape index (κ2) is 6.97. The number of nitrogens with zero attached hydrogens (tertiary/aromatic N) is 1. The molecule has 20 heavy (non-hydrogen) atoms. The fraction of sp³-hybridized carbons (Fsp3) is 0.600. The molecule has 0 fully saturated rings. The van der Waals surface area contributed by atoms with E-state index in [0.717, 1.165) is 24.2 Å². The normalized spacial score (nSPS) is 12.0. The minimum Gasteiger partial charge on any atom is -0.360 e. The van der Waals surface area contributed by atoms with Crippen LogP contribution in [0, 0.1) is 6.92 Å². The summed E-state index contributed by atoms with van der Waals surface area (Å²) in [6.45, 7) is 8.19. The predicted octanol–water partition coefficient (Wildman–Crippen LogP) is 3.88. The first-order valence-electron chi connectivity index (χ1n) is 6.88. The second-order valence-electron chi connectivity index (χ2n) is 5.23. The highest BCUT2D eigenvalue weighted by molar-refractivity contribution is 5.51. The van der Waals surface area contributed by atoms with Crippen LogP contribution in [0.1, 0.15) is 31.9 Å². The maximum atomic E-state index is 12.6. The largest absolute Gasteiger partial charge is 0.405 e. The maximum Gasteiger partial charge on any atom is 0.405 e. The van der Waals surface area contributed by atoms with Crippen molar-refractivity contribution in [1.82, 2.24) is 5.32 Å². The van der Waals surface area contributed by atoms with Crippen molar-refractivity contribution in [2.75, 3.05) is 18.0 Å². The van der Waals surface area contributed by atoms with Gasteiger partial charge in [0.05, 0.1) is 0 Å². The molecule has 0 aromatic heterocycles. The Kier molecular flexibility index (Phi) is 5.87. The summed E-state index contributed by atoms with van der Waals surface area (Å²) < 4.78 is 37.9. The van der Waals surface area contributed by atoms with Gasteiger partial charge < -0.3 is 10.2 Å². The molecule has 0 saturated carbocycles. The summed E-state index contributed by atoms with van der Waals surface area (Å²) in [4.78, 5) is 1.38. The van der Waals surface area contributed by atoms with Crippen LogP contribution in [-0.4, -0.2) is 25.3 Å². The standard InChI is InChI=1S/C15H23F3N2/c1-5-19-9-13-6-7-14(8-12(13)4)20(11(2)3)10-15(16,17)18/h6-8,11,19H,5,9-10H2,1-4H3. The first kappa shape index (κ1) is 16.8. The van der Waals surface area contributed by atoms with E-state index < -0.39 is 12.7 Å². The molecule has 0 heterocycles. The lowest BCUT2D eigenvalue weighted by Crippen LogP contribution is -2.39. The number of alkyl halides is 3. The van der Waals surface area contributed by atoms with E-state index in [1.54, 1.807) is 19.9 Å². The quantitative estimate of drug-likeness (QED) is 0.854. The molecule has 0 spiro atoms. The average Bonchev–Trinajstić information content (AvgIpc) is 2.33. The fourth-order valence-electron chi connectivity index (χ4n) is 2.08. The van der Waals surface area contributed by atoms with Gasteiger partial charge in [0.2, 0.25) is 0 Å². The molecule has 0 aliphatic heterocycles. The van der Waals surface area contributed by atoms with E-state index >= 15 is 0 Å². The van der Waals surface area contributed by atoms with Gasteiger partial charge in [-0.15, -0.1) is 0 Å². The van der Waals surface area contributed by atoms with Gasteiger partial charge >= 0.3 is 6.18 Å². The van der Waals surface area contributed by atoms with Crippen LogP contribution in [0.5, 0.6) is 0 Å². The number of nitrogens with one attached hydrogen (secondary N) is 1. The minimum atomic E-state index is -4.19. The summed E-state index contributed by atoms with van der Waals surface area (Å²) in [5, 5.41) is 3.22. The summed E-state index contributed by atoms with van der Waals surface area (Å²) in [6.07, 6.45) is -4.19. The monoisotopic (exact) mass is 288 g/mol. The van der Waals surface area contributed by atoms with E-state index in [-0.39, 0.29) is 6.04 Å². The fourth-order valence-corrected chi connectivity index (χ4v) is 2.08. The second-order valence-corrected chi connectivity index (χ2v) is 5.23. The Morgan fingerprint density at radius 2 is 1.90 bits per heavy atom. The Bertz CT molecular complexity index is 428. The maximum absolute atomic E-state index is 12.6. The Morgan fingerprint density at radius 3 is 2.35 bits per heavy atom. The topological polar surface area (TPSA) is 15.3 Å². The zero-order chi connectivity index (χ0) is 15.3. The highest BCUT2D eigenvalue weighted by Gasteiger charge is 2.32. The summed E-state index contributed by atoms with van der Waals surface area (Å²) in [5.74, 6) is 0. The van der Waals surface area contributed by atoms with Crippen LogP contribution in [0.2, 0.25) is 0 Å². The minimum absolute atomic E-state index is 0.198. The number of halogens is 3. The Balaban J connectivity index is 2.95. The highest BCUT2D eigenvalue weighted by Crippen LogP contribution is 2.26. The van der Waals surface area contributed by atoms with Gasteiger partial charge in [-0.2, -0.15) is 13.2 Å². The summed E-state index contributed by atoms with van der Waals surface area (Å²) in [6, 6.07) is 5.30. The molecule has 1 aromatic rings. The zero-order valence-corrected chi connectivity index (χ0v) is 12.5. The number of benzene rings is 1. The number of hydrogen-bond acceptors (Lipinski definition) is 2. The molecule has 1 rings (SSSR count). The van der Waals surface area contributed by atoms with E-state index in [0.29, 0.717) is 5.69 Å². The lowest BCUT2D eigenvalue weighted by molar-refractivity contribution is -0.120. The van der Waals surface area contributed by atoms with Crippen molar-refractivity contribution in [3.05, 3.63) is 29.3 Å². The number of hydrogen-bond donors (Lipinski definition) is 1. The van der Waals surface area contributed by atoms with E-state index in [1.807, 2.05) is 26.0 Å². The molecule has 1 aromatic carbocycles. The van der Waals surface area contributed by atoms with Gasteiger partial charge in [0.15, 0.2) is 0 Å². The molecule has 0 atom stereocenters. The summed E-state index contributed by atoms with van der Waals surface area (Å²) >= 11 is 0. The van der Waals surface area contributed by atoms with Crippen LogP contribution in [0.25, 0.3) is 0 Å². The van der Waals surface area contributed by atoms with Crippen LogP contribution in [0.3, 0.4) is 0 Å². The number of rotatable bonds is 6. The SMILES string of the molecule is CCNCc1ccc(N(CC(F)(F)F)C(C)C)cc1C. The van der Waals surface area contributed by atoms with Crippen molar-refractivity contribution >= 4 is 5.69 Å². The van der Waals surface area contributed by atoms with Crippen molar-refractivity contribution in [2.24, 2.45) is 0 Å². The third kappa shape index (κ3) is 5.04. The molecule has 0 saturated heterocycles. The lowest BCUT2D eigenvalue weighted by atomic mass is 10.1. The Hall–Kier alpha value is -1.23. The van der Waals surface area contributed by atoms with Crippen LogP contribution in [0.15, 0.2) is 18.2 Å².